The predicted octanol–water partition coefficient (Wildman–Crippen LogP) is 0.0271. The fourth-order valence-electron chi connectivity index (χ4n) is 3.17. The number of nitrogens with zero attached hydrogens (tertiary/aromatic N) is 1. The Morgan fingerprint density at radius 3 is 2.80 bits per heavy atom. The zero-order valence-corrected chi connectivity index (χ0v) is 13.9. The van der Waals surface area contributed by atoms with E-state index >= 15 is 0 Å². The van der Waals surface area contributed by atoms with Crippen LogP contribution in [0.15, 0.2) is 30.3 Å². The largest absolute Gasteiger partial charge is 0.453 e. The van der Waals surface area contributed by atoms with E-state index in [0.29, 0.717) is 19.6 Å². The van der Waals surface area contributed by atoms with Crippen LogP contribution in [-0.4, -0.2) is 61.2 Å². The molecule has 134 valence electrons. The Bertz CT molecular complexity index is 651. The van der Waals surface area contributed by atoms with Crippen molar-refractivity contribution in [2.24, 2.45) is 0 Å². The first-order valence-electron chi connectivity index (χ1n) is 8.15. The highest BCUT2D eigenvalue weighted by Gasteiger charge is 2.46. The van der Waals surface area contributed by atoms with Gasteiger partial charge in [0.1, 0.15) is 12.1 Å². The molecule has 2 N–H and O–H groups in total. The molecule has 0 radical (unpaired) electrons. The number of hydrogen-bond acceptors (Lipinski definition) is 5. The van der Waals surface area contributed by atoms with Gasteiger partial charge in [-0.3, -0.25) is 9.59 Å². The first-order chi connectivity index (χ1) is 12.1. The molecule has 8 nitrogen and oxygen atoms in total. The Balaban J connectivity index is 1.55. The van der Waals surface area contributed by atoms with Gasteiger partial charge in [0, 0.05) is 6.54 Å². The van der Waals surface area contributed by atoms with Crippen LogP contribution in [0.2, 0.25) is 0 Å². The molecule has 2 aliphatic rings. The predicted molar refractivity (Wildman–Crippen MR) is 87.5 cm³/mol. The lowest BCUT2D eigenvalue weighted by Crippen LogP contribution is -2.62. The van der Waals surface area contributed by atoms with Gasteiger partial charge in [-0.1, -0.05) is 30.3 Å². The van der Waals surface area contributed by atoms with Crippen LogP contribution in [0.25, 0.3) is 0 Å². The molecule has 2 saturated heterocycles. The third kappa shape index (κ3) is 3.90. The molecule has 0 spiro atoms. The van der Waals surface area contributed by atoms with Crippen molar-refractivity contribution in [2.75, 3.05) is 20.3 Å². The van der Waals surface area contributed by atoms with Crippen LogP contribution >= 0.6 is 0 Å². The van der Waals surface area contributed by atoms with Gasteiger partial charge in [-0.15, -0.1) is 0 Å². The quantitative estimate of drug-likeness (QED) is 0.783. The van der Waals surface area contributed by atoms with E-state index in [1.807, 2.05) is 30.3 Å². The standard InChI is InChI=1S/C17H21N3O5/c1-24-17(23)18-12-7-14-15(21)19-13(16(22)20(14)8-12)10-25-9-11-5-3-2-4-6-11/h2-6,12-14H,7-10H2,1H3,(H,18,23)(H,19,21)/t12-,13-,14-/m0/s1. The average molecular weight is 347 g/mol. The van der Waals surface area contributed by atoms with Crippen molar-refractivity contribution < 1.29 is 23.9 Å². The van der Waals surface area contributed by atoms with E-state index in [-0.39, 0.29) is 24.5 Å². The van der Waals surface area contributed by atoms with Gasteiger partial charge in [-0.05, 0) is 12.0 Å². The minimum absolute atomic E-state index is 0.109. The molecule has 0 bridgehead atoms. The number of ether oxygens (including phenoxy) is 2. The van der Waals surface area contributed by atoms with Gasteiger partial charge in [0.05, 0.1) is 26.4 Å². The number of hydrogen-bond donors (Lipinski definition) is 2. The van der Waals surface area contributed by atoms with Crippen LogP contribution in [0.1, 0.15) is 12.0 Å². The summed E-state index contributed by atoms with van der Waals surface area (Å²) in [5.74, 6) is -0.408. The van der Waals surface area contributed by atoms with Crippen molar-refractivity contribution >= 4 is 17.9 Å². The molecule has 0 aromatic heterocycles. The van der Waals surface area contributed by atoms with E-state index in [0.717, 1.165) is 5.56 Å². The third-order valence-corrected chi connectivity index (χ3v) is 4.40. The molecule has 25 heavy (non-hydrogen) atoms. The van der Waals surface area contributed by atoms with Crippen molar-refractivity contribution in [1.82, 2.24) is 15.5 Å². The number of amides is 3. The molecular weight excluding hydrogens is 326 g/mol. The maximum atomic E-state index is 12.6. The molecule has 1 aromatic carbocycles. The monoisotopic (exact) mass is 347 g/mol. The zero-order chi connectivity index (χ0) is 17.8. The average Bonchev–Trinajstić information content (AvgIpc) is 3.04. The van der Waals surface area contributed by atoms with E-state index in [4.69, 9.17) is 4.74 Å². The number of fused-ring (bicyclic) bond motifs is 1. The lowest BCUT2D eigenvalue weighted by atomic mass is 10.1. The summed E-state index contributed by atoms with van der Waals surface area (Å²) in [6.45, 7) is 0.773. The van der Waals surface area contributed by atoms with E-state index in [1.54, 1.807) is 0 Å². The third-order valence-electron chi connectivity index (χ3n) is 4.40. The second-order valence-electron chi connectivity index (χ2n) is 6.14. The van der Waals surface area contributed by atoms with Gasteiger partial charge in [0.25, 0.3) is 0 Å². The number of piperazine rings is 1. The number of methoxy groups -OCH3 is 1. The smallest absolute Gasteiger partial charge is 0.407 e. The fraction of sp³-hybridized carbons (Fsp3) is 0.471. The molecule has 0 unspecified atom stereocenters. The second kappa shape index (κ2) is 7.52. The number of benzene rings is 1. The molecular formula is C17H21N3O5. The highest BCUT2D eigenvalue weighted by molar-refractivity contribution is 5.97. The summed E-state index contributed by atoms with van der Waals surface area (Å²) in [6.07, 6.45) is -0.190. The summed E-state index contributed by atoms with van der Waals surface area (Å²) >= 11 is 0. The highest BCUT2D eigenvalue weighted by Crippen LogP contribution is 2.23. The van der Waals surface area contributed by atoms with Crippen LogP contribution < -0.4 is 10.6 Å². The number of carbonyl (C=O) groups excluding carboxylic acids is 3. The van der Waals surface area contributed by atoms with E-state index in [1.165, 1.54) is 12.0 Å². The molecule has 8 heteroatoms. The minimum Gasteiger partial charge on any atom is -0.453 e. The Labute approximate surface area is 145 Å². The van der Waals surface area contributed by atoms with E-state index in [2.05, 4.69) is 15.4 Å². The topological polar surface area (TPSA) is 97.0 Å². The van der Waals surface area contributed by atoms with Gasteiger partial charge < -0.3 is 25.0 Å². The van der Waals surface area contributed by atoms with Crippen molar-refractivity contribution in [3.05, 3.63) is 35.9 Å². The molecule has 2 heterocycles. The van der Waals surface area contributed by atoms with Crippen molar-refractivity contribution in [3.63, 3.8) is 0 Å². The van der Waals surface area contributed by atoms with Crippen LogP contribution in [0.5, 0.6) is 0 Å². The summed E-state index contributed by atoms with van der Waals surface area (Å²) in [4.78, 5) is 37.7. The SMILES string of the molecule is COC(=O)N[C@H]1C[C@H]2C(=O)N[C@@H](COCc3ccccc3)C(=O)N2C1. The molecule has 2 fully saturated rings. The molecule has 1 aromatic rings. The maximum Gasteiger partial charge on any atom is 0.407 e. The number of nitrogens with one attached hydrogen (secondary N) is 2. The normalized spacial score (nSPS) is 25.3. The van der Waals surface area contributed by atoms with Gasteiger partial charge in [-0.2, -0.15) is 0 Å². The van der Waals surface area contributed by atoms with Gasteiger partial charge in [0.2, 0.25) is 11.8 Å². The molecule has 2 aliphatic heterocycles. The Morgan fingerprint density at radius 2 is 2.08 bits per heavy atom. The Kier molecular flexibility index (Phi) is 5.18. The van der Waals surface area contributed by atoms with E-state index in [9.17, 15) is 14.4 Å². The first kappa shape index (κ1) is 17.2. The molecule has 3 amide bonds. The fourth-order valence-corrected chi connectivity index (χ4v) is 3.17. The summed E-state index contributed by atoms with van der Waals surface area (Å²) in [6, 6.07) is 8.05. The lowest BCUT2D eigenvalue weighted by Gasteiger charge is -2.34. The second-order valence-corrected chi connectivity index (χ2v) is 6.14. The minimum atomic E-state index is -0.704. The van der Waals surface area contributed by atoms with Crippen LogP contribution in [-0.2, 0) is 25.7 Å². The molecule has 3 atom stereocenters. The van der Waals surface area contributed by atoms with Gasteiger partial charge >= 0.3 is 6.09 Å². The molecule has 3 rings (SSSR count). The van der Waals surface area contributed by atoms with Crippen molar-refractivity contribution in [1.29, 1.82) is 0 Å². The summed E-state index contributed by atoms with van der Waals surface area (Å²) in [5.41, 5.74) is 0.999. The van der Waals surface area contributed by atoms with Crippen LogP contribution in [0.3, 0.4) is 0 Å². The molecule has 0 aliphatic carbocycles. The highest BCUT2D eigenvalue weighted by atomic mass is 16.5. The Morgan fingerprint density at radius 1 is 1.32 bits per heavy atom. The number of carbonyl (C=O) groups is 3. The summed E-state index contributed by atoms with van der Waals surface area (Å²) < 4.78 is 10.1. The number of rotatable bonds is 5. The van der Waals surface area contributed by atoms with Gasteiger partial charge in [0.15, 0.2) is 0 Å². The Hall–Kier alpha value is -2.61. The van der Waals surface area contributed by atoms with E-state index < -0.39 is 18.2 Å². The number of alkyl carbamates (subject to hydrolysis) is 1. The van der Waals surface area contributed by atoms with Crippen molar-refractivity contribution in [3.8, 4) is 0 Å². The van der Waals surface area contributed by atoms with Crippen molar-refractivity contribution in [2.45, 2.75) is 31.2 Å². The van der Waals surface area contributed by atoms with Crippen LogP contribution in [0.4, 0.5) is 4.79 Å². The van der Waals surface area contributed by atoms with Gasteiger partial charge in [-0.25, -0.2) is 4.79 Å². The lowest BCUT2D eigenvalue weighted by molar-refractivity contribution is -0.148. The first-order valence-corrected chi connectivity index (χ1v) is 8.15. The van der Waals surface area contributed by atoms with Crippen LogP contribution in [0, 0.1) is 0 Å². The summed E-state index contributed by atoms with van der Waals surface area (Å²) in [5, 5.41) is 5.35. The zero-order valence-electron chi connectivity index (χ0n) is 13.9. The molecule has 0 saturated carbocycles. The summed E-state index contributed by atoms with van der Waals surface area (Å²) in [7, 11) is 1.27. The maximum absolute atomic E-state index is 12.6.